The van der Waals surface area contributed by atoms with E-state index in [1.165, 1.54) is 12.1 Å². The van der Waals surface area contributed by atoms with Crippen LogP contribution in [-0.2, 0) is 9.59 Å². The topological polar surface area (TPSA) is 98.2 Å². The Hall–Kier alpha value is -1.95. The molecule has 2 amide bonds. The standard InChI is InChI=1S/C12H16FN3O2/c1-7(8-3-2-4-9(13)5-8)16-12(18)10(14)6-11(15)17/h2-5,7,10H,6,14H2,1H3,(H2,15,17)(H,16,18). The summed E-state index contributed by atoms with van der Waals surface area (Å²) in [5.74, 6) is -1.52. The minimum Gasteiger partial charge on any atom is -0.370 e. The fourth-order valence-electron chi connectivity index (χ4n) is 1.49. The zero-order valence-corrected chi connectivity index (χ0v) is 10.0. The summed E-state index contributed by atoms with van der Waals surface area (Å²) in [5.41, 5.74) is 11.1. The number of rotatable bonds is 5. The van der Waals surface area contributed by atoms with Crippen molar-refractivity contribution in [2.24, 2.45) is 11.5 Å². The summed E-state index contributed by atoms with van der Waals surface area (Å²) in [5, 5.41) is 2.59. The van der Waals surface area contributed by atoms with Crippen LogP contribution in [0.4, 0.5) is 4.39 Å². The van der Waals surface area contributed by atoms with Crippen molar-refractivity contribution in [2.45, 2.75) is 25.4 Å². The quantitative estimate of drug-likeness (QED) is 0.699. The van der Waals surface area contributed by atoms with E-state index in [0.717, 1.165) is 0 Å². The molecule has 5 nitrogen and oxygen atoms in total. The SMILES string of the molecule is CC(NC(=O)C(N)CC(N)=O)c1cccc(F)c1. The number of hydrogen-bond donors (Lipinski definition) is 3. The maximum absolute atomic E-state index is 13.0. The maximum atomic E-state index is 13.0. The molecule has 0 saturated carbocycles. The lowest BCUT2D eigenvalue weighted by molar-refractivity contribution is -0.126. The Bertz CT molecular complexity index is 451. The van der Waals surface area contributed by atoms with Gasteiger partial charge in [0.15, 0.2) is 0 Å². The average Bonchev–Trinajstić information content (AvgIpc) is 2.27. The molecular formula is C12H16FN3O2. The van der Waals surface area contributed by atoms with E-state index in [1.807, 2.05) is 0 Å². The molecule has 0 aliphatic carbocycles. The van der Waals surface area contributed by atoms with E-state index in [9.17, 15) is 14.0 Å². The van der Waals surface area contributed by atoms with E-state index in [4.69, 9.17) is 11.5 Å². The van der Waals surface area contributed by atoms with Crippen LogP contribution in [0.2, 0.25) is 0 Å². The lowest BCUT2D eigenvalue weighted by atomic mass is 10.1. The molecule has 2 atom stereocenters. The van der Waals surface area contributed by atoms with Gasteiger partial charge in [-0.15, -0.1) is 0 Å². The van der Waals surface area contributed by atoms with E-state index in [1.54, 1.807) is 19.1 Å². The Balaban J connectivity index is 2.62. The molecule has 0 aliphatic heterocycles. The van der Waals surface area contributed by atoms with Gasteiger partial charge in [0.1, 0.15) is 5.82 Å². The molecule has 0 fully saturated rings. The summed E-state index contributed by atoms with van der Waals surface area (Å²) in [7, 11) is 0. The van der Waals surface area contributed by atoms with E-state index < -0.39 is 23.9 Å². The minimum absolute atomic E-state index is 0.221. The van der Waals surface area contributed by atoms with Crippen molar-refractivity contribution in [2.75, 3.05) is 0 Å². The maximum Gasteiger partial charge on any atom is 0.237 e. The number of halogens is 1. The van der Waals surface area contributed by atoms with Gasteiger partial charge in [-0.25, -0.2) is 4.39 Å². The molecule has 0 bridgehead atoms. The molecule has 2 unspecified atom stereocenters. The summed E-state index contributed by atoms with van der Waals surface area (Å²) in [6.07, 6.45) is -0.221. The van der Waals surface area contributed by atoms with Crippen molar-refractivity contribution in [1.82, 2.24) is 5.32 Å². The van der Waals surface area contributed by atoms with Gasteiger partial charge in [-0.05, 0) is 24.6 Å². The summed E-state index contributed by atoms with van der Waals surface area (Å²) < 4.78 is 13.0. The van der Waals surface area contributed by atoms with E-state index >= 15 is 0 Å². The van der Waals surface area contributed by atoms with Gasteiger partial charge in [-0.2, -0.15) is 0 Å². The number of nitrogens with two attached hydrogens (primary N) is 2. The molecule has 6 heteroatoms. The second-order valence-electron chi connectivity index (χ2n) is 4.06. The molecule has 0 spiro atoms. The molecule has 0 aliphatic rings. The van der Waals surface area contributed by atoms with Gasteiger partial charge in [0.25, 0.3) is 0 Å². The van der Waals surface area contributed by atoms with Crippen molar-refractivity contribution < 1.29 is 14.0 Å². The van der Waals surface area contributed by atoms with Gasteiger partial charge in [0, 0.05) is 0 Å². The Morgan fingerprint density at radius 2 is 2.11 bits per heavy atom. The highest BCUT2D eigenvalue weighted by atomic mass is 19.1. The molecule has 0 heterocycles. The van der Waals surface area contributed by atoms with Crippen molar-refractivity contribution in [3.8, 4) is 0 Å². The van der Waals surface area contributed by atoms with Crippen LogP contribution in [-0.4, -0.2) is 17.9 Å². The van der Waals surface area contributed by atoms with E-state index in [0.29, 0.717) is 5.56 Å². The van der Waals surface area contributed by atoms with Gasteiger partial charge < -0.3 is 16.8 Å². The molecule has 0 radical (unpaired) electrons. The predicted molar refractivity (Wildman–Crippen MR) is 64.7 cm³/mol. The second-order valence-corrected chi connectivity index (χ2v) is 4.06. The highest BCUT2D eigenvalue weighted by Crippen LogP contribution is 2.13. The van der Waals surface area contributed by atoms with Crippen molar-refractivity contribution in [3.05, 3.63) is 35.6 Å². The number of carbonyl (C=O) groups is 2. The minimum atomic E-state index is -0.987. The molecule has 1 rings (SSSR count). The number of amides is 2. The lowest BCUT2D eigenvalue weighted by Gasteiger charge is -2.17. The third kappa shape index (κ3) is 4.14. The first-order valence-corrected chi connectivity index (χ1v) is 5.50. The van der Waals surface area contributed by atoms with Gasteiger partial charge in [-0.1, -0.05) is 12.1 Å². The summed E-state index contributed by atoms with van der Waals surface area (Å²) in [6.45, 7) is 1.70. The highest BCUT2D eigenvalue weighted by Gasteiger charge is 2.18. The average molecular weight is 253 g/mol. The Labute approximate surface area is 104 Å². The van der Waals surface area contributed by atoms with Crippen LogP contribution in [0.5, 0.6) is 0 Å². The van der Waals surface area contributed by atoms with Gasteiger partial charge in [-0.3, -0.25) is 9.59 Å². The first-order chi connectivity index (χ1) is 8.40. The fraction of sp³-hybridized carbons (Fsp3) is 0.333. The third-order valence-corrected chi connectivity index (χ3v) is 2.47. The number of benzene rings is 1. The number of nitrogens with one attached hydrogen (secondary N) is 1. The van der Waals surface area contributed by atoms with Crippen molar-refractivity contribution in [3.63, 3.8) is 0 Å². The Morgan fingerprint density at radius 3 is 2.67 bits per heavy atom. The zero-order valence-electron chi connectivity index (χ0n) is 10.0. The molecule has 1 aromatic rings. The zero-order chi connectivity index (χ0) is 13.7. The lowest BCUT2D eigenvalue weighted by Crippen LogP contribution is -2.43. The normalized spacial score (nSPS) is 13.7. The van der Waals surface area contributed by atoms with Crippen LogP contribution < -0.4 is 16.8 Å². The first-order valence-electron chi connectivity index (χ1n) is 5.50. The molecule has 98 valence electrons. The van der Waals surface area contributed by atoms with Crippen molar-refractivity contribution >= 4 is 11.8 Å². The summed E-state index contributed by atoms with van der Waals surface area (Å²) in [4.78, 5) is 22.2. The van der Waals surface area contributed by atoms with Crippen LogP contribution in [0.1, 0.15) is 24.9 Å². The van der Waals surface area contributed by atoms with Crippen LogP contribution in [0, 0.1) is 5.82 Å². The molecule has 5 N–H and O–H groups in total. The van der Waals surface area contributed by atoms with Crippen LogP contribution >= 0.6 is 0 Å². The number of hydrogen-bond acceptors (Lipinski definition) is 3. The highest BCUT2D eigenvalue weighted by molar-refractivity contribution is 5.87. The van der Waals surface area contributed by atoms with Crippen molar-refractivity contribution in [1.29, 1.82) is 0 Å². The number of carbonyl (C=O) groups excluding carboxylic acids is 2. The third-order valence-electron chi connectivity index (χ3n) is 2.47. The molecule has 18 heavy (non-hydrogen) atoms. The van der Waals surface area contributed by atoms with Crippen LogP contribution in [0.3, 0.4) is 0 Å². The molecular weight excluding hydrogens is 237 g/mol. The predicted octanol–water partition coefficient (Wildman–Crippen LogP) is 0.206. The Kier molecular flexibility index (Phi) is 4.79. The molecule has 0 aromatic heterocycles. The summed E-state index contributed by atoms with van der Waals surface area (Å²) in [6, 6.07) is 4.50. The van der Waals surface area contributed by atoms with Crippen LogP contribution in [0.25, 0.3) is 0 Å². The molecule has 1 aromatic carbocycles. The van der Waals surface area contributed by atoms with E-state index in [-0.39, 0.29) is 12.2 Å². The smallest absolute Gasteiger partial charge is 0.237 e. The van der Waals surface area contributed by atoms with Gasteiger partial charge in [0.05, 0.1) is 18.5 Å². The Morgan fingerprint density at radius 1 is 1.44 bits per heavy atom. The number of primary amides is 1. The van der Waals surface area contributed by atoms with Crippen LogP contribution in [0.15, 0.2) is 24.3 Å². The largest absolute Gasteiger partial charge is 0.370 e. The van der Waals surface area contributed by atoms with E-state index in [2.05, 4.69) is 5.32 Å². The van der Waals surface area contributed by atoms with Gasteiger partial charge >= 0.3 is 0 Å². The molecule has 0 saturated heterocycles. The monoisotopic (exact) mass is 253 g/mol. The first kappa shape index (κ1) is 14.1. The summed E-state index contributed by atoms with van der Waals surface area (Å²) >= 11 is 0. The fourth-order valence-corrected chi connectivity index (χ4v) is 1.49. The second kappa shape index (κ2) is 6.11. The van der Waals surface area contributed by atoms with Gasteiger partial charge in [0.2, 0.25) is 11.8 Å².